The van der Waals surface area contributed by atoms with Crippen LogP contribution in [0.4, 0.5) is 0 Å². The van der Waals surface area contributed by atoms with Crippen LogP contribution in [0.5, 0.6) is 0 Å². The molecule has 1 saturated heterocycles. The molecule has 156 valence electrons. The zero-order chi connectivity index (χ0) is 18.3. The highest BCUT2D eigenvalue weighted by Gasteiger charge is 2.22. The summed E-state index contributed by atoms with van der Waals surface area (Å²) in [5.41, 5.74) is 0. The Balaban J connectivity index is 0.00000625. The lowest BCUT2D eigenvalue weighted by molar-refractivity contribution is 0.00989. The van der Waals surface area contributed by atoms with Gasteiger partial charge in [0, 0.05) is 46.5 Å². The molecule has 0 radical (unpaired) electrons. The molecule has 0 aromatic carbocycles. The average molecular weight is 483 g/mol. The lowest BCUT2D eigenvalue weighted by atomic mass is 10.00. The number of aliphatic imine (C=N–C) groups is 1. The van der Waals surface area contributed by atoms with Crippen LogP contribution < -0.4 is 5.32 Å². The van der Waals surface area contributed by atoms with Crippen molar-refractivity contribution < 1.29 is 9.47 Å². The molecule has 6 heteroatoms. The van der Waals surface area contributed by atoms with Gasteiger partial charge in [0.05, 0.1) is 6.10 Å². The zero-order valence-electron chi connectivity index (χ0n) is 17.5. The van der Waals surface area contributed by atoms with E-state index in [4.69, 9.17) is 14.5 Å². The molecule has 0 bridgehead atoms. The van der Waals surface area contributed by atoms with Crippen molar-refractivity contribution in [3.63, 3.8) is 0 Å². The molecule has 5 nitrogen and oxygen atoms in total. The molecule has 0 saturated carbocycles. The summed E-state index contributed by atoms with van der Waals surface area (Å²) in [5, 5.41) is 3.48. The first-order chi connectivity index (χ1) is 12.2. The van der Waals surface area contributed by atoms with E-state index in [1.165, 1.54) is 25.7 Å². The van der Waals surface area contributed by atoms with Gasteiger partial charge in [-0.1, -0.05) is 33.1 Å². The van der Waals surface area contributed by atoms with Gasteiger partial charge in [-0.25, -0.2) is 0 Å². The van der Waals surface area contributed by atoms with Crippen molar-refractivity contribution in [1.82, 2.24) is 10.2 Å². The fraction of sp³-hybridized carbons (Fsp3) is 0.950. The minimum absolute atomic E-state index is 0. The number of piperidine rings is 1. The van der Waals surface area contributed by atoms with E-state index >= 15 is 0 Å². The Morgan fingerprint density at radius 2 is 1.88 bits per heavy atom. The third kappa shape index (κ3) is 10.9. The van der Waals surface area contributed by atoms with Crippen molar-refractivity contribution in [2.75, 3.05) is 46.5 Å². The van der Waals surface area contributed by atoms with Crippen molar-refractivity contribution in [3.05, 3.63) is 0 Å². The lowest BCUT2D eigenvalue weighted by Gasteiger charge is -2.34. The summed E-state index contributed by atoms with van der Waals surface area (Å²) >= 11 is 0. The number of ether oxygens (including phenoxy) is 2. The summed E-state index contributed by atoms with van der Waals surface area (Å²) in [7, 11) is 1.74. The average Bonchev–Trinajstić information content (AvgIpc) is 2.65. The normalized spacial score (nSPS) is 17.1. The van der Waals surface area contributed by atoms with Crippen molar-refractivity contribution >= 4 is 29.9 Å². The van der Waals surface area contributed by atoms with Crippen LogP contribution >= 0.6 is 24.0 Å². The molecule has 0 aromatic rings. The quantitative estimate of drug-likeness (QED) is 0.195. The maximum atomic E-state index is 5.97. The van der Waals surface area contributed by atoms with E-state index in [0.29, 0.717) is 6.10 Å². The third-order valence-electron chi connectivity index (χ3n) is 4.97. The van der Waals surface area contributed by atoms with Crippen LogP contribution in [-0.2, 0) is 9.47 Å². The second-order valence-corrected chi connectivity index (χ2v) is 7.01. The van der Waals surface area contributed by atoms with E-state index in [1.54, 1.807) is 7.11 Å². The molecule has 1 heterocycles. The van der Waals surface area contributed by atoms with Crippen LogP contribution in [0.15, 0.2) is 4.99 Å². The SMILES string of the molecule is CCCCC(CC)CN=C(NCC)N1CCC(OCCCOC)CC1.I. The Hall–Kier alpha value is -0.0800. The maximum Gasteiger partial charge on any atom is 0.193 e. The molecular weight excluding hydrogens is 441 g/mol. The number of likely N-dealkylation sites (tertiary alicyclic amines) is 1. The van der Waals surface area contributed by atoms with Gasteiger partial charge in [0.15, 0.2) is 5.96 Å². The van der Waals surface area contributed by atoms with Gasteiger partial charge in [-0.15, -0.1) is 24.0 Å². The van der Waals surface area contributed by atoms with Gasteiger partial charge in [-0.3, -0.25) is 4.99 Å². The van der Waals surface area contributed by atoms with Crippen molar-refractivity contribution in [1.29, 1.82) is 0 Å². The largest absolute Gasteiger partial charge is 0.385 e. The first kappa shape index (κ1) is 25.9. The predicted molar refractivity (Wildman–Crippen MR) is 122 cm³/mol. The summed E-state index contributed by atoms with van der Waals surface area (Å²) in [6.07, 6.45) is 8.66. The molecule has 26 heavy (non-hydrogen) atoms. The molecular formula is C20H42IN3O2. The minimum Gasteiger partial charge on any atom is -0.385 e. The second-order valence-electron chi connectivity index (χ2n) is 7.01. The lowest BCUT2D eigenvalue weighted by Crippen LogP contribution is -2.47. The highest BCUT2D eigenvalue weighted by atomic mass is 127. The highest BCUT2D eigenvalue weighted by molar-refractivity contribution is 14.0. The fourth-order valence-corrected chi connectivity index (χ4v) is 3.25. The fourth-order valence-electron chi connectivity index (χ4n) is 3.25. The molecule has 1 unspecified atom stereocenters. The number of hydrogen-bond donors (Lipinski definition) is 1. The highest BCUT2D eigenvalue weighted by Crippen LogP contribution is 2.16. The van der Waals surface area contributed by atoms with E-state index in [2.05, 4.69) is 31.0 Å². The Morgan fingerprint density at radius 1 is 1.15 bits per heavy atom. The molecule has 0 aromatic heterocycles. The van der Waals surface area contributed by atoms with Crippen LogP contribution in [0.1, 0.15) is 65.7 Å². The Labute approximate surface area is 178 Å². The Morgan fingerprint density at radius 3 is 2.46 bits per heavy atom. The van der Waals surface area contributed by atoms with E-state index in [0.717, 1.165) is 70.5 Å². The molecule has 1 aliphatic rings. The number of halogens is 1. The standard InChI is InChI=1S/C20H41N3O2.HI/c1-5-8-10-18(6-2)17-22-20(21-7-3)23-13-11-19(12-14-23)25-16-9-15-24-4;/h18-19H,5-17H2,1-4H3,(H,21,22);1H. The van der Waals surface area contributed by atoms with E-state index < -0.39 is 0 Å². The van der Waals surface area contributed by atoms with Gasteiger partial charge in [0.25, 0.3) is 0 Å². The molecule has 0 spiro atoms. The minimum atomic E-state index is 0. The number of rotatable bonds is 12. The first-order valence-electron chi connectivity index (χ1n) is 10.4. The Kier molecular flexibility index (Phi) is 17.0. The summed E-state index contributed by atoms with van der Waals surface area (Å²) in [6, 6.07) is 0. The van der Waals surface area contributed by atoms with Gasteiger partial charge in [0.2, 0.25) is 0 Å². The van der Waals surface area contributed by atoms with Crippen molar-refractivity contribution in [3.8, 4) is 0 Å². The van der Waals surface area contributed by atoms with Crippen LogP contribution in [0.3, 0.4) is 0 Å². The van der Waals surface area contributed by atoms with Crippen LogP contribution in [0.2, 0.25) is 0 Å². The van der Waals surface area contributed by atoms with Crippen LogP contribution in [0.25, 0.3) is 0 Å². The molecule has 1 rings (SSSR count). The molecule has 1 aliphatic heterocycles. The number of nitrogens with zero attached hydrogens (tertiary/aromatic N) is 2. The number of guanidine groups is 1. The van der Waals surface area contributed by atoms with Gasteiger partial charge >= 0.3 is 0 Å². The van der Waals surface area contributed by atoms with E-state index in [-0.39, 0.29) is 24.0 Å². The summed E-state index contributed by atoms with van der Waals surface area (Å²) < 4.78 is 11.0. The topological polar surface area (TPSA) is 46.1 Å². The van der Waals surface area contributed by atoms with Gasteiger partial charge in [0.1, 0.15) is 0 Å². The Bertz CT molecular complexity index is 348. The van der Waals surface area contributed by atoms with E-state index in [1.807, 2.05) is 0 Å². The second kappa shape index (κ2) is 17.0. The predicted octanol–water partition coefficient (Wildman–Crippen LogP) is 4.30. The van der Waals surface area contributed by atoms with Gasteiger partial charge < -0.3 is 19.7 Å². The summed E-state index contributed by atoms with van der Waals surface area (Å²) in [6.45, 7) is 12.2. The number of methoxy groups -OCH3 is 1. The smallest absolute Gasteiger partial charge is 0.193 e. The van der Waals surface area contributed by atoms with Gasteiger partial charge in [-0.05, 0) is 38.5 Å². The number of hydrogen-bond acceptors (Lipinski definition) is 3. The number of nitrogens with one attached hydrogen (secondary N) is 1. The van der Waals surface area contributed by atoms with E-state index in [9.17, 15) is 0 Å². The maximum absolute atomic E-state index is 5.97. The third-order valence-corrected chi connectivity index (χ3v) is 4.97. The van der Waals surface area contributed by atoms with Crippen LogP contribution in [0, 0.1) is 5.92 Å². The molecule has 1 atom stereocenters. The molecule has 0 amide bonds. The summed E-state index contributed by atoms with van der Waals surface area (Å²) in [5.74, 6) is 1.81. The molecule has 1 fully saturated rings. The van der Waals surface area contributed by atoms with Crippen LogP contribution in [-0.4, -0.2) is 63.5 Å². The molecule has 0 aliphatic carbocycles. The monoisotopic (exact) mass is 483 g/mol. The zero-order valence-corrected chi connectivity index (χ0v) is 19.8. The van der Waals surface area contributed by atoms with Crippen molar-refractivity contribution in [2.45, 2.75) is 71.8 Å². The number of unbranched alkanes of at least 4 members (excludes halogenated alkanes) is 1. The summed E-state index contributed by atoms with van der Waals surface area (Å²) in [4.78, 5) is 7.35. The van der Waals surface area contributed by atoms with Crippen molar-refractivity contribution in [2.24, 2.45) is 10.9 Å². The van der Waals surface area contributed by atoms with Gasteiger partial charge in [-0.2, -0.15) is 0 Å². The first-order valence-corrected chi connectivity index (χ1v) is 10.4. The molecule has 1 N–H and O–H groups in total.